The summed E-state index contributed by atoms with van der Waals surface area (Å²) in [6.45, 7) is 0.518. The summed E-state index contributed by atoms with van der Waals surface area (Å²) >= 11 is 5.97. The highest BCUT2D eigenvalue weighted by molar-refractivity contribution is 6.30. The molecule has 1 unspecified atom stereocenters. The first-order valence-electron chi connectivity index (χ1n) is 7.43. The van der Waals surface area contributed by atoms with Crippen molar-refractivity contribution in [3.63, 3.8) is 0 Å². The van der Waals surface area contributed by atoms with Gasteiger partial charge < -0.3 is 4.90 Å². The molecule has 1 aromatic carbocycles. The highest BCUT2D eigenvalue weighted by Gasteiger charge is 2.40. The molecule has 1 atom stereocenters. The molecule has 0 aromatic heterocycles. The van der Waals surface area contributed by atoms with Gasteiger partial charge in [0.05, 0.1) is 6.54 Å². The summed E-state index contributed by atoms with van der Waals surface area (Å²) in [5.74, 6) is 0.263. The average Bonchev–Trinajstić information content (AvgIpc) is 2.75. The summed E-state index contributed by atoms with van der Waals surface area (Å²) < 4.78 is 0. The van der Waals surface area contributed by atoms with Crippen LogP contribution >= 0.6 is 11.6 Å². The van der Waals surface area contributed by atoms with Crippen LogP contribution < -0.4 is 0 Å². The minimum Gasteiger partial charge on any atom is -0.319 e. The third-order valence-electron chi connectivity index (χ3n) is 4.49. The lowest BCUT2D eigenvalue weighted by Crippen LogP contribution is -2.40. The lowest BCUT2D eigenvalue weighted by molar-refractivity contribution is -0.131. The Kier molecular flexibility index (Phi) is 3.99. The van der Waals surface area contributed by atoms with Crippen LogP contribution in [0.5, 0.6) is 0 Å². The summed E-state index contributed by atoms with van der Waals surface area (Å²) in [6, 6.07) is 8.30. The van der Waals surface area contributed by atoms with Crippen molar-refractivity contribution in [3.8, 4) is 0 Å². The molecule has 0 radical (unpaired) electrons. The number of likely N-dealkylation sites (N-methyl/N-ethyl adjacent to an activating group) is 1. The molecule has 108 valence electrons. The van der Waals surface area contributed by atoms with Gasteiger partial charge in [-0.2, -0.15) is 0 Å². The van der Waals surface area contributed by atoms with Gasteiger partial charge in [0, 0.05) is 11.1 Å². The minimum absolute atomic E-state index is 0.0721. The number of hydrogen-bond acceptors (Lipinski definition) is 2. The average molecular weight is 293 g/mol. The molecule has 2 fully saturated rings. The normalized spacial score (nSPS) is 25.4. The van der Waals surface area contributed by atoms with Gasteiger partial charge in [-0.05, 0) is 37.6 Å². The van der Waals surface area contributed by atoms with Crippen molar-refractivity contribution in [1.82, 2.24) is 9.80 Å². The summed E-state index contributed by atoms with van der Waals surface area (Å²) in [7, 11) is 2.03. The van der Waals surface area contributed by atoms with E-state index in [9.17, 15) is 4.79 Å². The van der Waals surface area contributed by atoms with Gasteiger partial charge in [-0.3, -0.25) is 9.69 Å². The van der Waals surface area contributed by atoms with Gasteiger partial charge in [0.25, 0.3) is 0 Å². The van der Waals surface area contributed by atoms with E-state index in [0.29, 0.717) is 12.6 Å². The molecule has 3 rings (SSSR count). The van der Waals surface area contributed by atoms with Gasteiger partial charge in [0.15, 0.2) is 0 Å². The van der Waals surface area contributed by atoms with Gasteiger partial charge >= 0.3 is 0 Å². The molecule has 1 aliphatic carbocycles. The monoisotopic (exact) mass is 292 g/mol. The molecule has 2 aliphatic rings. The molecule has 1 saturated heterocycles. The number of carbonyl (C=O) groups is 1. The molecule has 1 aliphatic heterocycles. The Morgan fingerprint density at radius 3 is 2.40 bits per heavy atom. The van der Waals surface area contributed by atoms with Crippen molar-refractivity contribution in [1.29, 1.82) is 0 Å². The van der Waals surface area contributed by atoms with Gasteiger partial charge in [-0.1, -0.05) is 43.0 Å². The molecule has 0 spiro atoms. The van der Waals surface area contributed by atoms with Crippen molar-refractivity contribution >= 4 is 17.5 Å². The van der Waals surface area contributed by atoms with E-state index in [4.69, 9.17) is 11.6 Å². The van der Waals surface area contributed by atoms with Crippen molar-refractivity contribution < 1.29 is 4.79 Å². The number of carbonyl (C=O) groups excluding carboxylic acids is 1. The Balaban J connectivity index is 1.88. The van der Waals surface area contributed by atoms with E-state index in [0.717, 1.165) is 23.4 Å². The Bertz CT molecular complexity index is 482. The first-order valence-corrected chi connectivity index (χ1v) is 7.81. The van der Waals surface area contributed by atoms with E-state index >= 15 is 0 Å². The van der Waals surface area contributed by atoms with E-state index in [1.54, 1.807) is 0 Å². The first kappa shape index (κ1) is 13.9. The quantitative estimate of drug-likeness (QED) is 0.833. The van der Waals surface area contributed by atoms with Crippen LogP contribution in [0.4, 0.5) is 0 Å². The van der Waals surface area contributed by atoms with E-state index in [1.807, 2.05) is 31.3 Å². The summed E-state index contributed by atoms with van der Waals surface area (Å²) in [4.78, 5) is 16.6. The van der Waals surface area contributed by atoms with Crippen LogP contribution in [0.2, 0.25) is 5.02 Å². The Morgan fingerprint density at radius 1 is 1.10 bits per heavy atom. The van der Waals surface area contributed by atoms with Crippen LogP contribution in [0.3, 0.4) is 0 Å². The Labute approximate surface area is 125 Å². The van der Waals surface area contributed by atoms with Crippen LogP contribution in [0, 0.1) is 0 Å². The number of rotatable bonds is 2. The lowest BCUT2D eigenvalue weighted by Gasteiger charge is -2.37. The van der Waals surface area contributed by atoms with Gasteiger partial charge in [-0.25, -0.2) is 0 Å². The van der Waals surface area contributed by atoms with Crippen LogP contribution in [-0.4, -0.2) is 35.3 Å². The topological polar surface area (TPSA) is 23.6 Å². The van der Waals surface area contributed by atoms with E-state index in [-0.39, 0.29) is 12.1 Å². The fourth-order valence-electron chi connectivity index (χ4n) is 3.54. The zero-order valence-electron chi connectivity index (χ0n) is 11.9. The molecule has 1 aromatic rings. The molecular weight excluding hydrogens is 272 g/mol. The van der Waals surface area contributed by atoms with Crippen molar-refractivity contribution in [2.75, 3.05) is 13.6 Å². The molecule has 0 N–H and O–H groups in total. The second kappa shape index (κ2) is 5.74. The number of benzene rings is 1. The van der Waals surface area contributed by atoms with E-state index in [1.165, 1.54) is 19.3 Å². The van der Waals surface area contributed by atoms with E-state index < -0.39 is 0 Å². The van der Waals surface area contributed by atoms with Crippen LogP contribution in [0.15, 0.2) is 24.3 Å². The number of halogens is 1. The number of amides is 1. The molecular formula is C16H21ClN2O. The van der Waals surface area contributed by atoms with Gasteiger partial charge in [0.2, 0.25) is 5.91 Å². The highest BCUT2D eigenvalue weighted by Crippen LogP contribution is 2.36. The zero-order valence-corrected chi connectivity index (χ0v) is 12.6. The van der Waals surface area contributed by atoms with Crippen molar-refractivity contribution in [3.05, 3.63) is 34.9 Å². The fraction of sp³-hybridized carbons (Fsp3) is 0.562. The van der Waals surface area contributed by atoms with Crippen LogP contribution in [0.1, 0.15) is 43.8 Å². The van der Waals surface area contributed by atoms with Crippen LogP contribution in [0.25, 0.3) is 0 Å². The molecule has 1 heterocycles. The van der Waals surface area contributed by atoms with Crippen molar-refractivity contribution in [2.45, 2.75) is 44.3 Å². The minimum atomic E-state index is 0.0721. The van der Waals surface area contributed by atoms with Crippen LogP contribution in [-0.2, 0) is 4.79 Å². The molecule has 4 heteroatoms. The third kappa shape index (κ3) is 2.57. The van der Waals surface area contributed by atoms with Crippen molar-refractivity contribution in [2.24, 2.45) is 0 Å². The van der Waals surface area contributed by atoms with Gasteiger partial charge in [-0.15, -0.1) is 0 Å². The second-order valence-electron chi connectivity index (χ2n) is 5.93. The Morgan fingerprint density at radius 2 is 1.75 bits per heavy atom. The SMILES string of the molecule is CN1CC(=O)N(C2CCCCC2)C1c1ccc(Cl)cc1. The summed E-state index contributed by atoms with van der Waals surface area (Å²) in [6.07, 6.45) is 6.15. The summed E-state index contributed by atoms with van der Waals surface area (Å²) in [5.41, 5.74) is 1.16. The van der Waals surface area contributed by atoms with E-state index in [2.05, 4.69) is 9.80 Å². The smallest absolute Gasteiger partial charge is 0.238 e. The maximum Gasteiger partial charge on any atom is 0.238 e. The number of nitrogens with zero attached hydrogens (tertiary/aromatic N) is 2. The highest BCUT2D eigenvalue weighted by atomic mass is 35.5. The third-order valence-corrected chi connectivity index (χ3v) is 4.74. The molecule has 1 saturated carbocycles. The Hall–Kier alpha value is -1.06. The number of hydrogen-bond donors (Lipinski definition) is 0. The standard InChI is InChI=1S/C16H21ClN2O/c1-18-11-15(20)19(14-5-3-2-4-6-14)16(18)12-7-9-13(17)10-8-12/h7-10,14,16H,2-6,11H2,1H3. The fourth-order valence-corrected chi connectivity index (χ4v) is 3.67. The van der Waals surface area contributed by atoms with Gasteiger partial charge in [0.1, 0.15) is 6.17 Å². The molecule has 0 bridgehead atoms. The maximum absolute atomic E-state index is 12.4. The zero-order chi connectivity index (χ0) is 14.1. The largest absolute Gasteiger partial charge is 0.319 e. The first-order chi connectivity index (χ1) is 9.66. The predicted molar refractivity (Wildman–Crippen MR) is 80.5 cm³/mol. The predicted octanol–water partition coefficient (Wildman–Crippen LogP) is 3.45. The molecule has 1 amide bonds. The maximum atomic E-state index is 12.4. The lowest BCUT2D eigenvalue weighted by atomic mass is 9.93. The summed E-state index contributed by atoms with van der Waals surface area (Å²) in [5, 5.41) is 0.741. The second-order valence-corrected chi connectivity index (χ2v) is 6.37. The molecule has 20 heavy (non-hydrogen) atoms. The molecule has 3 nitrogen and oxygen atoms in total.